The van der Waals surface area contributed by atoms with E-state index in [1.54, 1.807) is 12.3 Å². The second-order valence-corrected chi connectivity index (χ2v) is 3.65. The van der Waals surface area contributed by atoms with Crippen molar-refractivity contribution < 1.29 is 4.79 Å². The van der Waals surface area contributed by atoms with Crippen LogP contribution in [0.4, 0.5) is 0 Å². The van der Waals surface area contributed by atoms with Crippen LogP contribution >= 0.6 is 22.6 Å². The molecule has 0 saturated heterocycles. The average molecular weight is 291 g/mol. The van der Waals surface area contributed by atoms with Crippen LogP contribution in [0.25, 0.3) is 0 Å². The van der Waals surface area contributed by atoms with Crippen LogP contribution < -0.4 is 11.1 Å². The van der Waals surface area contributed by atoms with Gasteiger partial charge in [0.05, 0.1) is 0 Å². The highest BCUT2D eigenvalue weighted by molar-refractivity contribution is 14.1. The fourth-order valence-electron chi connectivity index (χ4n) is 0.786. The van der Waals surface area contributed by atoms with Crippen LogP contribution in [-0.4, -0.2) is 24.0 Å². The zero-order valence-electron chi connectivity index (χ0n) is 6.96. The summed E-state index contributed by atoms with van der Waals surface area (Å²) >= 11 is 2.13. The summed E-state index contributed by atoms with van der Waals surface area (Å²) in [6.07, 6.45) is 1.65. The van der Waals surface area contributed by atoms with Crippen molar-refractivity contribution in [3.63, 3.8) is 0 Å². The van der Waals surface area contributed by atoms with Crippen molar-refractivity contribution in [2.24, 2.45) is 5.73 Å². The summed E-state index contributed by atoms with van der Waals surface area (Å²) in [4.78, 5) is 15.3. The minimum atomic E-state index is -0.179. The summed E-state index contributed by atoms with van der Waals surface area (Å²) in [7, 11) is 0. The lowest BCUT2D eigenvalue weighted by Crippen LogP contribution is -2.29. The molecule has 4 nitrogen and oxygen atoms in total. The Bertz CT molecular complexity index is 286. The van der Waals surface area contributed by atoms with Crippen molar-refractivity contribution in [2.45, 2.75) is 0 Å². The molecule has 0 atom stereocenters. The fourth-order valence-corrected chi connectivity index (χ4v) is 1.11. The maximum absolute atomic E-state index is 11.3. The van der Waals surface area contributed by atoms with E-state index in [4.69, 9.17) is 5.73 Å². The van der Waals surface area contributed by atoms with Crippen LogP contribution in [0.3, 0.4) is 0 Å². The largest absolute Gasteiger partial charge is 0.349 e. The lowest BCUT2D eigenvalue weighted by atomic mass is 10.3. The Morgan fingerprint density at radius 2 is 2.38 bits per heavy atom. The third-order valence-corrected chi connectivity index (χ3v) is 2.03. The lowest BCUT2D eigenvalue weighted by Gasteiger charge is -2.01. The summed E-state index contributed by atoms with van der Waals surface area (Å²) in [5.41, 5.74) is 5.67. The first-order valence-electron chi connectivity index (χ1n) is 3.84. The van der Waals surface area contributed by atoms with Gasteiger partial charge in [0.1, 0.15) is 5.69 Å². The number of nitrogens with zero attached hydrogens (tertiary/aromatic N) is 1. The van der Waals surface area contributed by atoms with E-state index in [2.05, 4.69) is 32.9 Å². The summed E-state index contributed by atoms with van der Waals surface area (Å²) < 4.78 is 1.01. The predicted octanol–water partition coefficient (Wildman–Crippen LogP) is 0.375. The lowest BCUT2D eigenvalue weighted by molar-refractivity contribution is 0.0950. The van der Waals surface area contributed by atoms with E-state index in [1.165, 1.54) is 0 Å². The number of amides is 1. The summed E-state index contributed by atoms with van der Waals surface area (Å²) in [6.45, 7) is 0.919. The molecule has 0 aliphatic rings. The van der Waals surface area contributed by atoms with Crippen LogP contribution in [0.2, 0.25) is 0 Å². The standard InChI is InChI=1S/C8H10IN3O/c9-6-1-2-7(12-5-6)8(13)11-4-3-10/h1-2,5H,3-4,10H2,(H,11,13). The third kappa shape index (κ3) is 3.27. The molecule has 3 N–H and O–H groups in total. The highest BCUT2D eigenvalue weighted by Crippen LogP contribution is 2.02. The normalized spacial score (nSPS) is 9.69. The SMILES string of the molecule is NCCNC(=O)c1ccc(I)cn1. The molecule has 0 radical (unpaired) electrons. The van der Waals surface area contributed by atoms with E-state index < -0.39 is 0 Å². The summed E-state index contributed by atoms with van der Waals surface area (Å²) in [5.74, 6) is -0.179. The Hall–Kier alpha value is -0.690. The molecule has 13 heavy (non-hydrogen) atoms. The van der Waals surface area contributed by atoms with E-state index in [9.17, 15) is 4.79 Å². The van der Waals surface area contributed by atoms with Crippen molar-refractivity contribution in [3.05, 3.63) is 27.6 Å². The van der Waals surface area contributed by atoms with Gasteiger partial charge in [-0.15, -0.1) is 0 Å². The maximum atomic E-state index is 11.3. The molecule has 0 saturated carbocycles. The zero-order chi connectivity index (χ0) is 9.68. The number of hydrogen-bond donors (Lipinski definition) is 2. The van der Waals surface area contributed by atoms with Gasteiger partial charge in [-0.3, -0.25) is 4.79 Å². The van der Waals surface area contributed by atoms with Gasteiger partial charge >= 0.3 is 0 Å². The van der Waals surface area contributed by atoms with Crippen LogP contribution in [0, 0.1) is 3.57 Å². The number of nitrogens with one attached hydrogen (secondary N) is 1. The quantitative estimate of drug-likeness (QED) is 0.791. The van der Waals surface area contributed by atoms with Gasteiger partial charge in [0.2, 0.25) is 0 Å². The summed E-state index contributed by atoms with van der Waals surface area (Å²) in [6, 6.07) is 3.53. The Morgan fingerprint density at radius 1 is 1.62 bits per heavy atom. The van der Waals surface area contributed by atoms with E-state index in [0.717, 1.165) is 3.57 Å². The van der Waals surface area contributed by atoms with Gasteiger partial charge in [-0.2, -0.15) is 0 Å². The number of halogens is 1. The number of pyridine rings is 1. The van der Waals surface area contributed by atoms with Crippen molar-refractivity contribution in [2.75, 3.05) is 13.1 Å². The molecule has 1 aromatic heterocycles. The van der Waals surface area contributed by atoms with Crippen molar-refractivity contribution in [1.82, 2.24) is 10.3 Å². The second-order valence-electron chi connectivity index (χ2n) is 2.41. The minimum Gasteiger partial charge on any atom is -0.349 e. The first-order valence-corrected chi connectivity index (χ1v) is 4.91. The number of carbonyl (C=O) groups is 1. The first-order chi connectivity index (χ1) is 6.24. The van der Waals surface area contributed by atoms with Crippen LogP contribution in [0.5, 0.6) is 0 Å². The van der Waals surface area contributed by atoms with Gasteiger partial charge < -0.3 is 11.1 Å². The Kier molecular flexibility index (Phi) is 4.10. The maximum Gasteiger partial charge on any atom is 0.269 e. The molecule has 5 heteroatoms. The second kappa shape index (κ2) is 5.13. The number of carbonyl (C=O) groups excluding carboxylic acids is 1. The fraction of sp³-hybridized carbons (Fsp3) is 0.250. The molecule has 0 bridgehead atoms. The molecule has 1 heterocycles. The zero-order valence-corrected chi connectivity index (χ0v) is 9.11. The van der Waals surface area contributed by atoms with Gasteiger partial charge in [-0.05, 0) is 34.7 Å². The molecule has 0 fully saturated rings. The van der Waals surface area contributed by atoms with Crippen LogP contribution in [0.1, 0.15) is 10.5 Å². The van der Waals surface area contributed by atoms with E-state index in [1.807, 2.05) is 6.07 Å². The van der Waals surface area contributed by atoms with E-state index in [-0.39, 0.29) is 5.91 Å². The monoisotopic (exact) mass is 291 g/mol. The minimum absolute atomic E-state index is 0.179. The van der Waals surface area contributed by atoms with Gasteiger partial charge in [0.25, 0.3) is 5.91 Å². The number of aromatic nitrogens is 1. The molecule has 0 spiro atoms. The number of hydrogen-bond acceptors (Lipinski definition) is 3. The number of nitrogens with two attached hydrogens (primary N) is 1. The smallest absolute Gasteiger partial charge is 0.269 e. The van der Waals surface area contributed by atoms with Gasteiger partial charge in [-0.25, -0.2) is 4.98 Å². The van der Waals surface area contributed by atoms with E-state index >= 15 is 0 Å². The van der Waals surface area contributed by atoms with Crippen LogP contribution in [-0.2, 0) is 0 Å². The van der Waals surface area contributed by atoms with Crippen molar-refractivity contribution in [3.8, 4) is 0 Å². The van der Waals surface area contributed by atoms with Crippen LogP contribution in [0.15, 0.2) is 18.3 Å². The molecule has 0 unspecified atom stereocenters. The Balaban J connectivity index is 2.61. The molecular weight excluding hydrogens is 281 g/mol. The van der Waals surface area contributed by atoms with Crippen molar-refractivity contribution >= 4 is 28.5 Å². The number of rotatable bonds is 3. The van der Waals surface area contributed by atoms with E-state index in [0.29, 0.717) is 18.8 Å². The highest BCUT2D eigenvalue weighted by atomic mass is 127. The molecular formula is C8H10IN3O. The highest BCUT2D eigenvalue weighted by Gasteiger charge is 2.04. The average Bonchev–Trinajstić information content (AvgIpc) is 2.15. The predicted molar refractivity (Wildman–Crippen MR) is 58.3 cm³/mol. The molecule has 0 aromatic carbocycles. The molecule has 1 amide bonds. The molecule has 1 aromatic rings. The van der Waals surface area contributed by atoms with Gasteiger partial charge in [0.15, 0.2) is 0 Å². The Morgan fingerprint density at radius 3 is 2.92 bits per heavy atom. The van der Waals surface area contributed by atoms with Gasteiger partial charge in [-0.1, -0.05) is 0 Å². The Labute approximate surface area is 90.1 Å². The molecule has 70 valence electrons. The molecule has 0 aliphatic carbocycles. The summed E-state index contributed by atoms with van der Waals surface area (Å²) in [5, 5.41) is 2.64. The van der Waals surface area contributed by atoms with Crippen molar-refractivity contribution in [1.29, 1.82) is 0 Å². The first kappa shape index (κ1) is 10.4. The topological polar surface area (TPSA) is 68.0 Å². The third-order valence-electron chi connectivity index (χ3n) is 1.39. The van der Waals surface area contributed by atoms with Gasteiger partial charge in [0, 0.05) is 22.9 Å². The molecule has 0 aliphatic heterocycles. The molecule has 1 rings (SSSR count).